The Morgan fingerprint density at radius 1 is 1.15 bits per heavy atom. The third-order valence-corrected chi connectivity index (χ3v) is 6.58. The topological polar surface area (TPSA) is 47.6 Å². The second-order valence-corrected chi connectivity index (χ2v) is 8.47. The van der Waals surface area contributed by atoms with Crippen molar-refractivity contribution >= 4 is 23.1 Å². The van der Waals surface area contributed by atoms with E-state index in [4.69, 9.17) is 0 Å². The van der Waals surface area contributed by atoms with Gasteiger partial charge >= 0.3 is 6.03 Å². The summed E-state index contributed by atoms with van der Waals surface area (Å²) in [6, 6.07) is 12.7. The van der Waals surface area contributed by atoms with Crippen molar-refractivity contribution in [2.45, 2.75) is 19.4 Å². The molecule has 0 radical (unpaired) electrons. The summed E-state index contributed by atoms with van der Waals surface area (Å²) in [6.45, 7) is 6.55. The van der Waals surface area contributed by atoms with Gasteiger partial charge in [-0.3, -0.25) is 4.90 Å². The standard InChI is InChI=1S/C21H28N4OS/c26-21(22-9-12-24-10-7-20-18(16-24)8-13-27-20)23-14-17-6-11-25(15-17)19-4-2-1-3-5-19/h1-5,8,13,17H,6-7,9-12,14-16H2,(H2,22,23,26). The first-order valence-electron chi connectivity index (χ1n) is 9.87. The molecule has 2 aliphatic rings. The molecule has 3 heterocycles. The van der Waals surface area contributed by atoms with Crippen LogP contribution in [0.2, 0.25) is 0 Å². The van der Waals surface area contributed by atoms with Gasteiger partial charge in [0, 0.05) is 56.4 Å². The Kier molecular flexibility index (Phi) is 5.94. The predicted octanol–water partition coefficient (Wildman–Crippen LogP) is 2.93. The molecule has 2 amide bonds. The fourth-order valence-corrected chi connectivity index (χ4v) is 4.89. The lowest BCUT2D eigenvalue weighted by Gasteiger charge is -2.26. The van der Waals surface area contributed by atoms with E-state index < -0.39 is 0 Å². The van der Waals surface area contributed by atoms with E-state index in [1.54, 1.807) is 0 Å². The maximum atomic E-state index is 12.1. The van der Waals surface area contributed by atoms with Crippen LogP contribution in [0.25, 0.3) is 0 Å². The van der Waals surface area contributed by atoms with Crippen LogP contribution in [0.3, 0.4) is 0 Å². The Hall–Kier alpha value is -2.05. The van der Waals surface area contributed by atoms with Gasteiger partial charge in [-0.1, -0.05) is 18.2 Å². The van der Waals surface area contributed by atoms with Gasteiger partial charge in [-0.25, -0.2) is 4.79 Å². The van der Waals surface area contributed by atoms with Crippen molar-refractivity contribution in [2.75, 3.05) is 44.2 Å². The molecule has 1 atom stereocenters. The zero-order valence-electron chi connectivity index (χ0n) is 15.7. The molecule has 144 valence electrons. The minimum Gasteiger partial charge on any atom is -0.371 e. The average molecular weight is 385 g/mol. The average Bonchev–Trinajstić information content (AvgIpc) is 3.36. The molecule has 0 saturated carbocycles. The first-order chi connectivity index (χ1) is 13.3. The summed E-state index contributed by atoms with van der Waals surface area (Å²) in [5, 5.41) is 8.25. The first kappa shape index (κ1) is 18.3. The van der Waals surface area contributed by atoms with Crippen LogP contribution in [0.1, 0.15) is 16.9 Å². The fraction of sp³-hybridized carbons (Fsp3) is 0.476. The smallest absolute Gasteiger partial charge is 0.314 e. The molecule has 1 aromatic heterocycles. The molecule has 27 heavy (non-hydrogen) atoms. The molecule has 5 nitrogen and oxygen atoms in total. The van der Waals surface area contributed by atoms with Crippen molar-refractivity contribution in [3.8, 4) is 0 Å². The van der Waals surface area contributed by atoms with Crippen LogP contribution in [0.4, 0.5) is 10.5 Å². The summed E-state index contributed by atoms with van der Waals surface area (Å²) in [5.74, 6) is 0.523. The van der Waals surface area contributed by atoms with E-state index in [9.17, 15) is 4.79 Å². The molecule has 6 heteroatoms. The van der Waals surface area contributed by atoms with Crippen molar-refractivity contribution in [3.63, 3.8) is 0 Å². The number of para-hydroxylation sites is 1. The summed E-state index contributed by atoms with van der Waals surface area (Å²) in [7, 11) is 0. The summed E-state index contributed by atoms with van der Waals surface area (Å²) in [4.78, 5) is 18.4. The summed E-state index contributed by atoms with van der Waals surface area (Å²) >= 11 is 1.86. The Balaban J connectivity index is 1.12. The van der Waals surface area contributed by atoms with E-state index in [0.717, 1.165) is 52.1 Å². The van der Waals surface area contributed by atoms with E-state index in [1.165, 1.54) is 16.1 Å². The number of thiophene rings is 1. The fourth-order valence-electron chi connectivity index (χ4n) is 4.00. The number of nitrogens with one attached hydrogen (secondary N) is 2. The number of fused-ring (bicyclic) bond motifs is 1. The van der Waals surface area contributed by atoms with Crippen LogP contribution >= 0.6 is 11.3 Å². The van der Waals surface area contributed by atoms with E-state index >= 15 is 0 Å². The van der Waals surface area contributed by atoms with Crippen LogP contribution in [0.15, 0.2) is 41.8 Å². The van der Waals surface area contributed by atoms with Crippen LogP contribution in [0.5, 0.6) is 0 Å². The Morgan fingerprint density at radius 2 is 2.04 bits per heavy atom. The summed E-state index contributed by atoms with van der Waals surface area (Å²) < 4.78 is 0. The van der Waals surface area contributed by atoms with Gasteiger partial charge in [-0.2, -0.15) is 0 Å². The van der Waals surface area contributed by atoms with Crippen LogP contribution in [-0.4, -0.2) is 50.2 Å². The molecule has 2 N–H and O–H groups in total. The lowest BCUT2D eigenvalue weighted by atomic mass is 10.1. The molecule has 1 saturated heterocycles. The number of hydrogen-bond donors (Lipinski definition) is 2. The van der Waals surface area contributed by atoms with E-state index in [0.29, 0.717) is 12.5 Å². The quantitative estimate of drug-likeness (QED) is 0.805. The largest absolute Gasteiger partial charge is 0.371 e. The minimum atomic E-state index is -0.0404. The molecule has 0 bridgehead atoms. The highest BCUT2D eigenvalue weighted by molar-refractivity contribution is 7.10. The summed E-state index contributed by atoms with van der Waals surface area (Å²) in [5.41, 5.74) is 2.74. The molecule has 1 aromatic carbocycles. The lowest BCUT2D eigenvalue weighted by molar-refractivity contribution is 0.230. The van der Waals surface area contributed by atoms with Crippen LogP contribution in [0, 0.1) is 5.92 Å². The van der Waals surface area contributed by atoms with Crippen molar-refractivity contribution < 1.29 is 4.79 Å². The first-order valence-corrected chi connectivity index (χ1v) is 10.7. The predicted molar refractivity (Wildman–Crippen MR) is 111 cm³/mol. The lowest BCUT2D eigenvalue weighted by Crippen LogP contribution is -2.43. The maximum Gasteiger partial charge on any atom is 0.314 e. The van der Waals surface area contributed by atoms with E-state index in [-0.39, 0.29) is 6.03 Å². The van der Waals surface area contributed by atoms with Crippen molar-refractivity contribution in [1.82, 2.24) is 15.5 Å². The molecule has 4 rings (SSSR count). The molecule has 1 unspecified atom stereocenters. The molecular formula is C21H28N4OS. The normalized spacial score (nSPS) is 19.7. The van der Waals surface area contributed by atoms with Crippen molar-refractivity contribution in [3.05, 3.63) is 52.2 Å². The van der Waals surface area contributed by atoms with Gasteiger partial charge in [0.25, 0.3) is 0 Å². The zero-order valence-corrected chi connectivity index (χ0v) is 16.5. The molecular weight excluding hydrogens is 356 g/mol. The highest BCUT2D eigenvalue weighted by Crippen LogP contribution is 2.24. The number of carbonyl (C=O) groups is 1. The Morgan fingerprint density at radius 3 is 2.93 bits per heavy atom. The summed E-state index contributed by atoms with van der Waals surface area (Å²) in [6.07, 6.45) is 2.27. The van der Waals surface area contributed by atoms with Gasteiger partial charge in [0.1, 0.15) is 0 Å². The van der Waals surface area contributed by atoms with E-state index in [1.807, 2.05) is 17.4 Å². The third kappa shape index (κ3) is 4.82. The second-order valence-electron chi connectivity index (χ2n) is 7.47. The zero-order chi connectivity index (χ0) is 18.5. The van der Waals surface area contributed by atoms with Crippen LogP contribution in [-0.2, 0) is 13.0 Å². The molecule has 0 aliphatic carbocycles. The SMILES string of the molecule is O=C(NCCN1CCc2sccc2C1)NCC1CCN(c2ccccc2)C1. The van der Waals surface area contributed by atoms with E-state index in [2.05, 4.69) is 56.1 Å². The Bertz CT molecular complexity index is 748. The minimum absolute atomic E-state index is 0.0404. The molecule has 1 fully saturated rings. The number of nitrogens with zero attached hydrogens (tertiary/aromatic N) is 2. The van der Waals surface area contributed by atoms with Gasteiger partial charge in [0.15, 0.2) is 0 Å². The van der Waals surface area contributed by atoms with Crippen molar-refractivity contribution in [1.29, 1.82) is 0 Å². The number of amides is 2. The number of rotatable bonds is 6. The molecule has 0 spiro atoms. The van der Waals surface area contributed by atoms with Gasteiger partial charge < -0.3 is 15.5 Å². The molecule has 2 aromatic rings. The van der Waals surface area contributed by atoms with Crippen LogP contribution < -0.4 is 15.5 Å². The van der Waals surface area contributed by atoms with Gasteiger partial charge in [-0.15, -0.1) is 11.3 Å². The number of carbonyl (C=O) groups excluding carboxylic acids is 1. The maximum absolute atomic E-state index is 12.1. The van der Waals surface area contributed by atoms with Gasteiger partial charge in [0.05, 0.1) is 0 Å². The van der Waals surface area contributed by atoms with Gasteiger partial charge in [0.2, 0.25) is 0 Å². The number of benzene rings is 1. The third-order valence-electron chi connectivity index (χ3n) is 5.56. The number of urea groups is 1. The number of anilines is 1. The Labute approximate surface area is 165 Å². The second kappa shape index (κ2) is 8.76. The highest BCUT2D eigenvalue weighted by atomic mass is 32.1. The molecule has 2 aliphatic heterocycles. The highest BCUT2D eigenvalue weighted by Gasteiger charge is 2.23. The monoisotopic (exact) mass is 384 g/mol. The van der Waals surface area contributed by atoms with Gasteiger partial charge in [-0.05, 0) is 47.9 Å². The number of hydrogen-bond acceptors (Lipinski definition) is 4. The van der Waals surface area contributed by atoms with Crippen molar-refractivity contribution in [2.24, 2.45) is 5.92 Å².